The summed E-state index contributed by atoms with van der Waals surface area (Å²) in [5, 5.41) is 10.0. The first-order chi connectivity index (χ1) is 31.8. The molecule has 0 spiro atoms. The van der Waals surface area contributed by atoms with E-state index in [1.54, 1.807) is 13.0 Å². The molecule has 334 valence electrons. The number of benzene rings is 7. The molecule has 9 heteroatoms. The number of hydrogen-bond donors (Lipinski definition) is 0. The molecular formula is C57H56BF2N2O4+. The van der Waals surface area contributed by atoms with Gasteiger partial charge in [-0.05, 0) is 161 Å². The number of carbonyl (C=O) groups excluding carboxylic acids is 2. The van der Waals surface area contributed by atoms with Gasteiger partial charge in [0.15, 0.2) is 0 Å². The average molecular weight is 882 g/mol. The second kappa shape index (κ2) is 18.0. The molecular weight excluding hydrogens is 825 g/mol. The van der Waals surface area contributed by atoms with Crippen molar-refractivity contribution in [1.29, 1.82) is 0 Å². The van der Waals surface area contributed by atoms with Gasteiger partial charge in [-0.2, -0.15) is 0 Å². The molecule has 0 radical (unpaired) electrons. The van der Waals surface area contributed by atoms with E-state index < -0.39 is 13.4 Å². The number of carbonyl (C=O) groups is 2. The highest BCUT2D eigenvalue weighted by molar-refractivity contribution is 6.40. The van der Waals surface area contributed by atoms with Gasteiger partial charge in [0.25, 0.3) is 0 Å². The second-order valence-electron chi connectivity index (χ2n) is 18.4. The van der Waals surface area contributed by atoms with E-state index in [-0.39, 0.29) is 30.7 Å². The summed E-state index contributed by atoms with van der Waals surface area (Å²) in [5.41, 5.74) is 9.91. The van der Waals surface area contributed by atoms with Gasteiger partial charge in [0, 0.05) is 29.3 Å². The minimum absolute atomic E-state index is 0.168. The Hall–Kier alpha value is -6.58. The van der Waals surface area contributed by atoms with Crippen molar-refractivity contribution in [3.63, 3.8) is 0 Å². The largest absolute Gasteiger partial charge is 0.673 e. The first-order valence-electron chi connectivity index (χ1n) is 23.1. The molecule has 7 aromatic carbocycles. The molecule has 0 bridgehead atoms. The molecule has 1 aliphatic heterocycles. The number of hydrogen-bond acceptors (Lipinski definition) is 5. The fourth-order valence-electron chi connectivity index (χ4n) is 11.0. The van der Waals surface area contributed by atoms with Gasteiger partial charge >= 0.3 is 19.3 Å². The molecule has 9 rings (SSSR count). The first kappa shape index (κ1) is 44.6. The predicted molar refractivity (Wildman–Crippen MR) is 267 cm³/mol. The molecule has 6 nitrogen and oxygen atoms in total. The maximum Gasteiger partial charge on any atom is 0.673 e. The highest BCUT2D eigenvalue weighted by Gasteiger charge is 2.48. The zero-order valence-corrected chi connectivity index (χ0v) is 38.8. The van der Waals surface area contributed by atoms with Gasteiger partial charge in [-0.1, -0.05) is 97.6 Å². The van der Waals surface area contributed by atoms with Crippen molar-refractivity contribution >= 4 is 68.0 Å². The summed E-state index contributed by atoms with van der Waals surface area (Å²) in [6, 6.07) is 35.6. The first-order valence-corrected chi connectivity index (χ1v) is 23.1. The Balaban J connectivity index is 0.975. The zero-order valence-electron chi connectivity index (χ0n) is 38.8. The van der Waals surface area contributed by atoms with Crippen molar-refractivity contribution in [3.8, 4) is 16.9 Å². The standard InChI is InChI=1S/C57H56BF2N2O4/c1-8-65-51(63)31-30-50-44-21-9-10-22-49(44)57(62(50,6)7)54(37(4)61(5)58(59)60)53-35(2)32-41(33-36(53)3)40-19-11-20-42(34-40)66-52(64)27-14-16-38-28-29-48-46-25-13-18-39-17-12-24-45(55(39)46)47-26-15-23-43(38)56(47)48/h11-13,15,17-20,23-26,28-34,50H,4,8-10,14,16,21-22,27H2,1-3,5-7H3/q+1/b31-30+,57-54+. The summed E-state index contributed by atoms with van der Waals surface area (Å²) in [5.74, 6) is -0.230. The smallest absolute Gasteiger partial charge is 0.463 e. The fourth-order valence-corrected chi connectivity index (χ4v) is 11.0. The van der Waals surface area contributed by atoms with Crippen LogP contribution in [0.15, 0.2) is 144 Å². The summed E-state index contributed by atoms with van der Waals surface area (Å²) < 4.78 is 40.7. The van der Waals surface area contributed by atoms with Crippen molar-refractivity contribution in [2.24, 2.45) is 0 Å². The number of nitrogens with zero attached hydrogens (tertiary/aromatic N) is 2. The number of allylic oxidation sites excluding steroid dienone is 2. The zero-order chi connectivity index (χ0) is 46.4. The van der Waals surface area contributed by atoms with Gasteiger partial charge in [-0.3, -0.25) is 17.9 Å². The molecule has 1 heterocycles. The molecule has 0 aromatic heterocycles. The number of fused-ring (bicyclic) bond motifs is 2. The quantitative estimate of drug-likeness (QED) is 0.0220. The Morgan fingerprint density at radius 3 is 2.15 bits per heavy atom. The van der Waals surface area contributed by atoms with Crippen LogP contribution in [0.25, 0.3) is 59.8 Å². The molecule has 66 heavy (non-hydrogen) atoms. The third kappa shape index (κ3) is 7.97. The number of rotatable bonds is 13. The fraction of sp³-hybridized carbons (Fsp3) is 0.263. The van der Waals surface area contributed by atoms with E-state index in [4.69, 9.17) is 9.47 Å². The van der Waals surface area contributed by atoms with Gasteiger partial charge < -0.3 is 14.3 Å². The number of aryl methyl sites for hydroxylation is 3. The van der Waals surface area contributed by atoms with Gasteiger partial charge in [-0.15, -0.1) is 0 Å². The lowest BCUT2D eigenvalue weighted by Crippen LogP contribution is -2.44. The van der Waals surface area contributed by atoms with Crippen molar-refractivity contribution in [2.45, 2.75) is 71.8 Å². The van der Waals surface area contributed by atoms with E-state index in [2.05, 4.69) is 99.5 Å². The highest BCUT2D eigenvalue weighted by atomic mass is 19.2. The summed E-state index contributed by atoms with van der Waals surface area (Å²) in [6.45, 7) is 10.4. The van der Waals surface area contributed by atoms with Gasteiger partial charge in [0.2, 0.25) is 0 Å². The van der Waals surface area contributed by atoms with E-state index in [1.165, 1.54) is 67.4 Å². The molecule has 1 atom stereocenters. The van der Waals surface area contributed by atoms with Crippen LogP contribution < -0.4 is 4.74 Å². The van der Waals surface area contributed by atoms with E-state index in [9.17, 15) is 18.2 Å². The van der Waals surface area contributed by atoms with Crippen molar-refractivity contribution < 1.29 is 32.2 Å². The third-order valence-electron chi connectivity index (χ3n) is 14.0. The summed E-state index contributed by atoms with van der Waals surface area (Å²) in [4.78, 5) is 26.9. The lowest BCUT2D eigenvalue weighted by Gasteiger charge is -2.36. The van der Waals surface area contributed by atoms with Crippen LogP contribution in [0.4, 0.5) is 8.63 Å². The Labute approximate surface area is 386 Å². The maximum absolute atomic E-state index is 14.6. The molecule has 0 saturated carbocycles. The van der Waals surface area contributed by atoms with Crippen molar-refractivity contribution in [2.75, 3.05) is 27.7 Å². The minimum Gasteiger partial charge on any atom is -0.463 e. The number of halogens is 2. The number of ether oxygens (including phenoxy) is 2. The second-order valence-corrected chi connectivity index (χ2v) is 18.4. The van der Waals surface area contributed by atoms with E-state index >= 15 is 0 Å². The van der Waals surface area contributed by atoms with Gasteiger partial charge in [-0.25, -0.2) is 4.79 Å². The van der Waals surface area contributed by atoms with Crippen molar-refractivity contribution in [3.05, 3.63) is 167 Å². The molecule has 0 saturated heterocycles. The molecule has 7 aromatic rings. The number of quaternary nitrogens is 1. The van der Waals surface area contributed by atoms with Crippen LogP contribution in [0.2, 0.25) is 0 Å². The number of esters is 2. The lowest BCUT2D eigenvalue weighted by atomic mass is 9.84. The molecule has 1 unspecified atom stereocenters. The summed E-state index contributed by atoms with van der Waals surface area (Å²) in [7, 11) is 2.80. The molecule has 0 fully saturated rings. The van der Waals surface area contributed by atoms with Crippen LogP contribution in [0.1, 0.15) is 67.7 Å². The Bertz CT molecular complexity index is 3110. The van der Waals surface area contributed by atoms with Crippen LogP contribution >= 0.6 is 0 Å². The maximum atomic E-state index is 14.6. The average Bonchev–Trinajstić information content (AvgIpc) is 3.52. The normalized spacial score (nSPS) is 16.7. The van der Waals surface area contributed by atoms with Crippen LogP contribution in [-0.4, -0.2) is 62.4 Å². The van der Waals surface area contributed by atoms with Crippen LogP contribution in [0.3, 0.4) is 0 Å². The SMILES string of the molecule is C=C(/C(=C1/C2=C(CCCC2)C(/C=C/C(=O)OCC)[N+]1(C)C)c1c(C)cc(-c2cccc(OC(=O)CCCc3ccc4c5cccc6cccc(c7cccc3c74)c65)c2)cc1C)N(C)B(F)F. The Morgan fingerprint density at radius 1 is 0.818 bits per heavy atom. The van der Waals surface area contributed by atoms with E-state index in [0.717, 1.165) is 76.0 Å². The van der Waals surface area contributed by atoms with E-state index in [1.807, 2.05) is 38.1 Å². The van der Waals surface area contributed by atoms with Gasteiger partial charge in [0.1, 0.15) is 17.5 Å². The topological polar surface area (TPSA) is 55.8 Å². The Morgan fingerprint density at radius 2 is 1.45 bits per heavy atom. The van der Waals surface area contributed by atoms with Crippen LogP contribution in [0.5, 0.6) is 5.75 Å². The number of likely N-dealkylation sites (N-methyl/N-ethyl adjacent to an activating group) is 2. The monoisotopic (exact) mass is 881 g/mol. The van der Waals surface area contributed by atoms with Gasteiger partial charge in [0.05, 0.1) is 26.3 Å². The molecule has 0 amide bonds. The summed E-state index contributed by atoms with van der Waals surface area (Å²) >= 11 is 0. The molecule has 2 aliphatic rings. The van der Waals surface area contributed by atoms with E-state index in [0.29, 0.717) is 22.2 Å². The van der Waals surface area contributed by atoms with Crippen LogP contribution in [0, 0.1) is 13.8 Å². The Kier molecular flexibility index (Phi) is 12.2. The summed E-state index contributed by atoms with van der Waals surface area (Å²) in [6.07, 6.45) is 8.74. The molecule has 1 aliphatic carbocycles. The lowest BCUT2D eigenvalue weighted by molar-refractivity contribution is -0.858. The highest BCUT2D eigenvalue weighted by Crippen LogP contribution is 2.51. The predicted octanol–water partition coefficient (Wildman–Crippen LogP) is 13.5. The van der Waals surface area contributed by atoms with Crippen molar-refractivity contribution in [1.82, 2.24) is 4.81 Å². The minimum atomic E-state index is -2.76. The van der Waals surface area contributed by atoms with Crippen LogP contribution in [-0.2, 0) is 20.7 Å². The third-order valence-corrected chi connectivity index (χ3v) is 14.0. The molecule has 0 N–H and O–H groups in total.